The number of aromatic nitrogens is 6. The number of hydrogen-bond donors (Lipinski definition) is 0. The fourth-order valence-corrected chi connectivity index (χ4v) is 9.91. The number of nitrogens with zero attached hydrogens (tertiary/aromatic N) is 6. The van der Waals surface area contributed by atoms with Crippen molar-refractivity contribution in [3.63, 3.8) is 0 Å². The lowest BCUT2D eigenvalue weighted by atomic mass is 10.1. The first-order valence-electron chi connectivity index (χ1n) is 22.8. The first-order valence-corrected chi connectivity index (χ1v) is 19.6. The summed E-state index contributed by atoms with van der Waals surface area (Å²) < 4.78 is 79.4. The van der Waals surface area contributed by atoms with Crippen molar-refractivity contribution in [1.82, 2.24) is 28.7 Å². The van der Waals surface area contributed by atoms with Gasteiger partial charge in [-0.2, -0.15) is 15.0 Å². The van der Waals surface area contributed by atoms with E-state index in [1.54, 1.807) is 20.5 Å². The Morgan fingerprint density at radius 1 is 0.397 bits per heavy atom. The van der Waals surface area contributed by atoms with E-state index in [2.05, 4.69) is 53.1 Å². The molecule has 0 aliphatic rings. The Kier molecular flexibility index (Phi) is 5.11. The second-order valence-corrected chi connectivity index (χ2v) is 15.3. The molecule has 0 radical (unpaired) electrons. The zero-order valence-corrected chi connectivity index (χ0v) is 31.1. The molecule has 58 heavy (non-hydrogen) atoms. The van der Waals surface area contributed by atoms with Gasteiger partial charge < -0.3 is 4.57 Å². The predicted molar refractivity (Wildman–Crippen MR) is 241 cm³/mol. The van der Waals surface area contributed by atoms with E-state index < -0.39 is 12.1 Å². The van der Waals surface area contributed by atoms with Crippen molar-refractivity contribution in [2.24, 2.45) is 0 Å². The Morgan fingerprint density at radius 2 is 0.914 bits per heavy atom. The van der Waals surface area contributed by atoms with Crippen molar-refractivity contribution in [1.29, 1.82) is 0 Å². The molecule has 13 rings (SSSR count). The highest BCUT2D eigenvalue weighted by molar-refractivity contribution is 7.26. The standard InChI is InChI=1S/C51H30N6S/c1-9-23-40-31(15-1)32-16-2-10-24-41(32)56(40)50-52-49(53-51(54-50)57-42-25-11-3-17-33(42)34-18-4-12-26-43(34)57)37-20-6-13-27-44(37)55-39-22-8-5-19-35(39)36-29-30-46-47(48(36)55)38-21-7-14-28-45(38)58-46/h1-30H/i1D,3D,9D,11D,15D,17D,23D,25D. The van der Waals surface area contributed by atoms with Gasteiger partial charge in [0.2, 0.25) is 11.9 Å². The lowest BCUT2D eigenvalue weighted by Gasteiger charge is -2.16. The zero-order valence-electron chi connectivity index (χ0n) is 38.3. The molecule has 270 valence electrons. The van der Waals surface area contributed by atoms with Gasteiger partial charge in [0.05, 0.1) is 49.8 Å². The van der Waals surface area contributed by atoms with Crippen LogP contribution in [0.4, 0.5) is 0 Å². The van der Waals surface area contributed by atoms with Gasteiger partial charge in [-0.05, 0) is 54.5 Å². The number of thiophene rings is 1. The highest BCUT2D eigenvalue weighted by atomic mass is 32.1. The molecule has 0 N–H and O–H groups in total. The van der Waals surface area contributed by atoms with Crippen LogP contribution in [0, 0.1) is 0 Å². The molecule has 0 saturated carbocycles. The van der Waals surface area contributed by atoms with E-state index in [9.17, 15) is 2.74 Å². The SMILES string of the molecule is [2H]c1c([2H])c([2H])c2c(c1[2H])c1ccccc1n2-c1nc(-c2ccccc2-n2c3ccccc3c3ccc4sc5ccccc5c4c32)nc(-n2c3ccccc3c3c([2H])c([2H])c([2H])c([2H])c32)n1. The molecular formula is C51H30N6S. The molecule has 0 saturated heterocycles. The Hall–Kier alpha value is -7.61. The van der Waals surface area contributed by atoms with Gasteiger partial charge in [0.15, 0.2) is 5.82 Å². The van der Waals surface area contributed by atoms with Crippen molar-refractivity contribution in [3.8, 4) is 29.0 Å². The Morgan fingerprint density at radius 3 is 1.57 bits per heavy atom. The summed E-state index contributed by atoms with van der Waals surface area (Å²) >= 11 is 1.74. The average molecular weight is 767 g/mol. The molecule has 5 heterocycles. The van der Waals surface area contributed by atoms with Gasteiger partial charge in [-0.15, -0.1) is 11.3 Å². The van der Waals surface area contributed by atoms with Crippen LogP contribution in [-0.4, -0.2) is 28.7 Å². The maximum Gasteiger partial charge on any atom is 0.240 e. The maximum absolute atomic E-state index is 9.29. The molecule has 0 amide bonds. The van der Waals surface area contributed by atoms with Gasteiger partial charge >= 0.3 is 0 Å². The van der Waals surface area contributed by atoms with E-state index in [-0.39, 0.29) is 65.0 Å². The number of para-hydroxylation sites is 6. The van der Waals surface area contributed by atoms with E-state index in [1.807, 2.05) is 84.9 Å². The normalized spacial score (nSPS) is 14.1. The van der Waals surface area contributed by atoms with E-state index in [1.165, 1.54) is 4.70 Å². The highest BCUT2D eigenvalue weighted by Crippen LogP contribution is 2.44. The molecule has 13 aromatic rings. The van der Waals surface area contributed by atoms with Gasteiger partial charge in [0.1, 0.15) is 0 Å². The summed E-state index contributed by atoms with van der Waals surface area (Å²) in [5.41, 5.74) is 4.80. The van der Waals surface area contributed by atoms with Gasteiger partial charge in [0.25, 0.3) is 0 Å². The number of benzene rings is 8. The molecule has 6 nitrogen and oxygen atoms in total. The van der Waals surface area contributed by atoms with Gasteiger partial charge in [-0.25, -0.2) is 0 Å². The third-order valence-electron chi connectivity index (χ3n) is 11.2. The van der Waals surface area contributed by atoms with Gasteiger partial charge in [-0.1, -0.05) is 127 Å². The minimum absolute atomic E-state index is 0.0428. The van der Waals surface area contributed by atoms with E-state index in [4.69, 9.17) is 23.2 Å². The average Bonchev–Trinajstić information content (AvgIpc) is 4.10. The van der Waals surface area contributed by atoms with Gasteiger partial charge in [-0.3, -0.25) is 9.13 Å². The minimum atomic E-state index is -0.409. The van der Waals surface area contributed by atoms with E-state index in [0.29, 0.717) is 38.1 Å². The van der Waals surface area contributed by atoms with Crippen molar-refractivity contribution >= 4 is 96.9 Å². The second-order valence-electron chi connectivity index (χ2n) is 14.2. The molecule has 5 aromatic heterocycles. The van der Waals surface area contributed by atoms with Crippen LogP contribution in [-0.2, 0) is 0 Å². The van der Waals surface area contributed by atoms with Crippen molar-refractivity contribution in [3.05, 3.63) is 182 Å². The first kappa shape index (κ1) is 24.8. The highest BCUT2D eigenvalue weighted by Gasteiger charge is 2.24. The van der Waals surface area contributed by atoms with Crippen LogP contribution in [0.5, 0.6) is 0 Å². The van der Waals surface area contributed by atoms with Crippen LogP contribution < -0.4 is 0 Å². The first-order chi connectivity index (χ1) is 32.1. The summed E-state index contributed by atoms with van der Waals surface area (Å²) in [6.45, 7) is 0. The lowest BCUT2D eigenvalue weighted by Crippen LogP contribution is -2.11. The van der Waals surface area contributed by atoms with Crippen LogP contribution in [0.2, 0.25) is 0 Å². The molecular weight excluding hydrogens is 729 g/mol. The summed E-state index contributed by atoms with van der Waals surface area (Å²) in [5.74, 6) is 0.305. The Labute approximate surface area is 346 Å². The summed E-state index contributed by atoms with van der Waals surface area (Å²) in [4.78, 5) is 15.7. The Balaban J connectivity index is 1.20. The quantitative estimate of drug-likeness (QED) is 0.179. The molecule has 0 atom stereocenters. The van der Waals surface area contributed by atoms with Crippen LogP contribution in [0.3, 0.4) is 0 Å². The van der Waals surface area contributed by atoms with Crippen LogP contribution >= 0.6 is 11.3 Å². The Bertz CT molecular complexity index is 4150. The summed E-state index contributed by atoms with van der Waals surface area (Å²) in [6.07, 6.45) is 0. The lowest BCUT2D eigenvalue weighted by molar-refractivity contribution is 0.892. The smallest absolute Gasteiger partial charge is 0.240 e. The number of rotatable bonds is 4. The summed E-state index contributed by atoms with van der Waals surface area (Å²) in [6, 6.07) is 41.1. The third-order valence-corrected chi connectivity index (χ3v) is 12.3. The molecule has 0 unspecified atom stereocenters. The molecule has 0 spiro atoms. The van der Waals surface area contributed by atoms with Crippen molar-refractivity contribution in [2.45, 2.75) is 0 Å². The predicted octanol–water partition coefficient (Wildman–Crippen LogP) is 13.2. The maximum atomic E-state index is 9.29. The van der Waals surface area contributed by atoms with Crippen molar-refractivity contribution < 1.29 is 11.0 Å². The van der Waals surface area contributed by atoms with Gasteiger partial charge in [0, 0.05) is 58.1 Å². The molecule has 0 aliphatic heterocycles. The van der Waals surface area contributed by atoms with Crippen LogP contribution in [0.15, 0.2) is 182 Å². The fourth-order valence-electron chi connectivity index (χ4n) is 8.80. The van der Waals surface area contributed by atoms with E-state index in [0.717, 1.165) is 43.0 Å². The number of fused-ring (bicyclic) bond motifs is 13. The molecule has 0 bridgehead atoms. The largest absolute Gasteiger partial charge is 0.308 e. The number of hydrogen-bond acceptors (Lipinski definition) is 4. The van der Waals surface area contributed by atoms with Crippen LogP contribution in [0.1, 0.15) is 11.0 Å². The molecule has 7 heteroatoms. The third kappa shape index (κ3) is 4.33. The fraction of sp³-hybridized carbons (Fsp3) is 0. The van der Waals surface area contributed by atoms with Crippen LogP contribution in [0.25, 0.3) is 115 Å². The topological polar surface area (TPSA) is 53.5 Å². The second kappa shape index (κ2) is 11.9. The minimum Gasteiger partial charge on any atom is -0.308 e. The molecule has 0 aliphatic carbocycles. The molecule has 0 fully saturated rings. The van der Waals surface area contributed by atoms with Crippen molar-refractivity contribution in [2.75, 3.05) is 0 Å². The zero-order chi connectivity index (χ0) is 44.9. The van der Waals surface area contributed by atoms with E-state index >= 15 is 0 Å². The summed E-state index contributed by atoms with van der Waals surface area (Å²) in [7, 11) is 0. The molecule has 8 aromatic carbocycles. The monoisotopic (exact) mass is 766 g/mol. The summed E-state index contributed by atoms with van der Waals surface area (Å²) in [5, 5.41) is 6.17.